The Bertz CT molecular complexity index is 1330. The van der Waals surface area contributed by atoms with Gasteiger partial charge in [-0.15, -0.1) is 10.2 Å². The molecule has 12 heteroatoms. The number of fused-ring (bicyclic) bond motifs is 1. The molecule has 0 radical (unpaired) electrons. The number of benzene rings is 3. The zero-order chi connectivity index (χ0) is 23.4. The average Bonchev–Trinajstić information content (AvgIpc) is 3.30. The van der Waals surface area contributed by atoms with Crippen molar-refractivity contribution in [3.63, 3.8) is 0 Å². The Kier molecular flexibility index (Phi) is 6.57. The Hall–Kier alpha value is -3.89. The van der Waals surface area contributed by atoms with E-state index in [-0.39, 0.29) is 22.9 Å². The van der Waals surface area contributed by atoms with Gasteiger partial charge < -0.3 is 19.9 Å². The molecule has 0 aliphatic rings. The van der Waals surface area contributed by atoms with Gasteiger partial charge in [-0.05, 0) is 41.8 Å². The smallest absolute Gasteiger partial charge is 0.335 e. The first kappa shape index (κ1) is 22.3. The van der Waals surface area contributed by atoms with Crippen LogP contribution < -0.4 is 14.8 Å². The van der Waals surface area contributed by atoms with Crippen LogP contribution in [-0.2, 0) is 11.4 Å². The molecule has 0 bridgehead atoms. The number of nitrogens with one attached hydrogen (secondary N) is 2. The number of carboxylic acids is 1. The van der Waals surface area contributed by atoms with Crippen LogP contribution in [0, 0.1) is 0 Å². The van der Waals surface area contributed by atoms with Crippen LogP contribution in [0.25, 0.3) is 10.8 Å². The summed E-state index contributed by atoms with van der Waals surface area (Å²) in [6.07, 6.45) is 0. The Labute approximate surface area is 196 Å². The predicted molar refractivity (Wildman–Crippen MR) is 120 cm³/mol. The fraction of sp³-hybridized carbons (Fsp3) is 0.0952. The van der Waals surface area contributed by atoms with Gasteiger partial charge in [-0.2, -0.15) is 5.21 Å². The molecule has 4 rings (SSSR count). The third-order valence-corrected chi connectivity index (χ3v) is 4.96. The number of halogens is 2. The first-order valence-electron chi connectivity index (χ1n) is 9.43. The van der Waals surface area contributed by atoms with Crippen LogP contribution in [0.2, 0.25) is 10.0 Å². The molecule has 0 atom stereocenters. The van der Waals surface area contributed by atoms with Crippen molar-refractivity contribution in [2.75, 3.05) is 11.9 Å². The highest BCUT2D eigenvalue weighted by Crippen LogP contribution is 2.36. The maximum atomic E-state index is 12.6. The Morgan fingerprint density at radius 3 is 2.64 bits per heavy atom. The second-order valence-electron chi connectivity index (χ2n) is 6.71. The summed E-state index contributed by atoms with van der Waals surface area (Å²) >= 11 is 12.3. The van der Waals surface area contributed by atoms with Gasteiger partial charge in [0.15, 0.2) is 13.2 Å². The van der Waals surface area contributed by atoms with Crippen molar-refractivity contribution in [1.29, 1.82) is 0 Å². The van der Waals surface area contributed by atoms with Crippen LogP contribution in [0.1, 0.15) is 16.2 Å². The number of H-pyrrole nitrogens is 1. The van der Waals surface area contributed by atoms with Crippen LogP contribution in [0.15, 0.2) is 48.5 Å². The summed E-state index contributed by atoms with van der Waals surface area (Å²) in [5.41, 5.74) is 0.375. The van der Waals surface area contributed by atoms with Crippen molar-refractivity contribution in [1.82, 2.24) is 20.6 Å². The van der Waals surface area contributed by atoms with Gasteiger partial charge in [0.05, 0.1) is 16.3 Å². The van der Waals surface area contributed by atoms with Crippen LogP contribution >= 0.6 is 23.2 Å². The summed E-state index contributed by atoms with van der Waals surface area (Å²) in [6, 6.07) is 12.6. The normalized spacial score (nSPS) is 10.7. The molecule has 3 aromatic carbocycles. The van der Waals surface area contributed by atoms with Crippen LogP contribution in [-0.4, -0.2) is 44.2 Å². The highest BCUT2D eigenvalue weighted by atomic mass is 35.5. The Morgan fingerprint density at radius 1 is 1.06 bits per heavy atom. The lowest BCUT2D eigenvalue weighted by Gasteiger charge is -2.14. The minimum absolute atomic E-state index is 0.0311. The van der Waals surface area contributed by atoms with E-state index in [1.807, 2.05) is 0 Å². The number of aromatic carboxylic acids is 1. The number of carbonyl (C=O) groups is 2. The zero-order valence-corrected chi connectivity index (χ0v) is 18.2. The number of amides is 1. The van der Waals surface area contributed by atoms with Crippen molar-refractivity contribution in [2.24, 2.45) is 0 Å². The number of carbonyl (C=O) groups excluding carboxylic acids is 1. The summed E-state index contributed by atoms with van der Waals surface area (Å²) in [5.74, 6) is -0.767. The van der Waals surface area contributed by atoms with Crippen molar-refractivity contribution in [2.45, 2.75) is 6.61 Å². The molecule has 0 spiro atoms. The first-order chi connectivity index (χ1) is 15.9. The van der Waals surface area contributed by atoms with Crippen molar-refractivity contribution in [3.05, 3.63) is 70.0 Å². The van der Waals surface area contributed by atoms with E-state index in [0.717, 1.165) is 0 Å². The van der Waals surface area contributed by atoms with E-state index in [0.29, 0.717) is 33.1 Å². The van der Waals surface area contributed by atoms with Gasteiger partial charge in [0.1, 0.15) is 11.5 Å². The minimum Gasteiger partial charge on any atom is -0.483 e. The van der Waals surface area contributed by atoms with Gasteiger partial charge in [-0.1, -0.05) is 40.5 Å². The maximum absolute atomic E-state index is 12.6. The lowest BCUT2D eigenvalue weighted by Crippen LogP contribution is -2.21. The van der Waals surface area contributed by atoms with Crippen molar-refractivity contribution in [3.8, 4) is 11.5 Å². The third-order valence-electron chi connectivity index (χ3n) is 4.44. The van der Waals surface area contributed by atoms with E-state index in [9.17, 15) is 14.7 Å². The lowest BCUT2D eigenvalue weighted by molar-refractivity contribution is -0.118. The minimum atomic E-state index is -1.16. The molecule has 0 aliphatic heterocycles. The quantitative estimate of drug-likeness (QED) is 0.339. The lowest BCUT2D eigenvalue weighted by atomic mass is 10.1. The molecular formula is C21H15Cl2N5O5. The summed E-state index contributed by atoms with van der Waals surface area (Å²) in [4.78, 5) is 24.1. The molecule has 1 amide bonds. The number of aromatic nitrogens is 4. The number of carboxylic acid groups (broad SMARTS) is 1. The highest BCUT2D eigenvalue weighted by molar-refractivity contribution is 6.39. The number of rotatable bonds is 8. The Morgan fingerprint density at radius 2 is 1.88 bits per heavy atom. The second-order valence-corrected chi connectivity index (χ2v) is 7.56. The van der Waals surface area contributed by atoms with E-state index in [4.69, 9.17) is 32.7 Å². The standard InChI is InChI=1S/C21H15Cl2N5O5/c22-13-6-11-5-12(21(30)31)7-17(20(11)14(23)8-13)33-10-19(29)24-15-3-1-2-4-16(15)32-9-18-25-27-28-26-18/h1-8H,9-10H2,(H,24,29)(H,30,31)(H,25,26,27,28). The molecule has 33 heavy (non-hydrogen) atoms. The van der Waals surface area contributed by atoms with Crippen molar-refractivity contribution >= 4 is 51.5 Å². The zero-order valence-electron chi connectivity index (χ0n) is 16.7. The van der Waals surface area contributed by atoms with E-state index in [1.165, 1.54) is 18.2 Å². The van der Waals surface area contributed by atoms with Crippen molar-refractivity contribution < 1.29 is 24.2 Å². The molecule has 0 aliphatic carbocycles. The first-order valence-corrected chi connectivity index (χ1v) is 10.2. The number of hydrogen-bond acceptors (Lipinski definition) is 7. The van der Waals surface area contributed by atoms with Gasteiger partial charge in [0.25, 0.3) is 5.91 Å². The Balaban J connectivity index is 1.50. The molecule has 168 valence electrons. The second kappa shape index (κ2) is 9.72. The fourth-order valence-electron chi connectivity index (χ4n) is 3.04. The molecule has 1 heterocycles. The number of nitrogens with zero attached hydrogens (tertiary/aromatic N) is 3. The van der Waals surface area contributed by atoms with Gasteiger partial charge in [0.2, 0.25) is 5.82 Å². The van der Waals surface area contributed by atoms with E-state index < -0.39 is 18.5 Å². The molecule has 0 saturated carbocycles. The SMILES string of the molecule is O=C(COc1cc(C(=O)O)cc2cc(Cl)cc(Cl)c12)Nc1ccccc1OCc1nn[nH]n1. The number of tetrazole rings is 1. The van der Waals surface area contributed by atoms with Gasteiger partial charge >= 0.3 is 5.97 Å². The highest BCUT2D eigenvalue weighted by Gasteiger charge is 2.16. The number of anilines is 1. The summed E-state index contributed by atoms with van der Waals surface area (Å²) in [7, 11) is 0. The predicted octanol–water partition coefficient (Wildman–Crippen LogP) is 3.95. The number of para-hydroxylation sites is 2. The monoisotopic (exact) mass is 487 g/mol. The number of aromatic amines is 1. The molecular weight excluding hydrogens is 473 g/mol. The van der Waals surface area contributed by atoms with E-state index in [2.05, 4.69) is 25.9 Å². The fourth-order valence-corrected chi connectivity index (χ4v) is 3.64. The third kappa shape index (κ3) is 5.30. The average molecular weight is 488 g/mol. The molecule has 10 nitrogen and oxygen atoms in total. The maximum Gasteiger partial charge on any atom is 0.335 e. The number of hydrogen-bond donors (Lipinski definition) is 3. The number of ether oxygens (including phenoxy) is 2. The molecule has 0 fully saturated rings. The summed E-state index contributed by atoms with van der Waals surface area (Å²) < 4.78 is 11.3. The van der Waals surface area contributed by atoms with Gasteiger partial charge in [-0.3, -0.25) is 4.79 Å². The van der Waals surface area contributed by atoms with Crippen LogP contribution in [0.4, 0.5) is 5.69 Å². The van der Waals surface area contributed by atoms with E-state index in [1.54, 1.807) is 30.3 Å². The van der Waals surface area contributed by atoms with Gasteiger partial charge in [0, 0.05) is 10.4 Å². The topological polar surface area (TPSA) is 139 Å². The largest absolute Gasteiger partial charge is 0.483 e. The van der Waals surface area contributed by atoms with Crippen LogP contribution in [0.3, 0.4) is 0 Å². The summed E-state index contributed by atoms with van der Waals surface area (Å²) in [5, 5.41) is 27.0. The van der Waals surface area contributed by atoms with Gasteiger partial charge in [-0.25, -0.2) is 4.79 Å². The molecule has 0 unspecified atom stereocenters. The van der Waals surface area contributed by atoms with Crippen LogP contribution in [0.5, 0.6) is 11.5 Å². The molecule has 3 N–H and O–H groups in total. The summed E-state index contributed by atoms with van der Waals surface area (Å²) in [6.45, 7) is -0.356. The molecule has 1 aromatic heterocycles. The molecule has 4 aromatic rings. The molecule has 0 saturated heterocycles. The van der Waals surface area contributed by atoms with E-state index >= 15 is 0 Å².